The third kappa shape index (κ3) is 7.30. The number of hydrogen-bond donors (Lipinski definition) is 0. The molecule has 2 aliphatic rings. The largest absolute Gasteiger partial charge is 0.0885 e. The summed E-state index contributed by atoms with van der Waals surface area (Å²) < 4.78 is 0. The normalized spacial score (nSPS) is 25.8. The van der Waals surface area contributed by atoms with Crippen LogP contribution in [0.3, 0.4) is 0 Å². The molecular weight excluding hydrogens is 348 g/mol. The SMILES string of the molecule is CCCCCC1CCC(C(CC2CC=CCC2)c2ccc(CCCC)cc2)CC1. The molecule has 0 nitrogen and oxygen atoms in total. The van der Waals surface area contributed by atoms with Crippen LogP contribution in [-0.4, -0.2) is 0 Å². The highest BCUT2D eigenvalue weighted by Crippen LogP contribution is 2.44. The van der Waals surface area contributed by atoms with Crippen LogP contribution in [0.1, 0.15) is 121 Å². The highest BCUT2D eigenvalue weighted by atomic mass is 14.3. The fourth-order valence-electron chi connectivity index (χ4n) is 5.90. The van der Waals surface area contributed by atoms with Crippen LogP contribution >= 0.6 is 0 Å². The lowest BCUT2D eigenvalue weighted by atomic mass is 9.69. The molecule has 0 aromatic heterocycles. The summed E-state index contributed by atoms with van der Waals surface area (Å²) in [4.78, 5) is 0. The summed E-state index contributed by atoms with van der Waals surface area (Å²) in [6.07, 6.45) is 25.8. The maximum atomic E-state index is 2.50. The van der Waals surface area contributed by atoms with E-state index in [1.54, 1.807) is 5.56 Å². The van der Waals surface area contributed by atoms with Gasteiger partial charge in [0.2, 0.25) is 0 Å². The Bertz CT molecular complexity index is 573. The molecule has 1 fully saturated rings. The Morgan fingerprint density at radius 3 is 2.21 bits per heavy atom. The molecule has 0 N–H and O–H groups in total. The molecule has 0 spiro atoms. The zero-order chi connectivity index (χ0) is 20.3. The Kier molecular flexibility index (Phi) is 9.84. The monoisotopic (exact) mass is 394 g/mol. The van der Waals surface area contributed by atoms with Gasteiger partial charge in [-0.15, -0.1) is 0 Å². The Hall–Kier alpha value is -1.04. The summed E-state index contributed by atoms with van der Waals surface area (Å²) in [5.41, 5.74) is 3.18. The number of aryl methyl sites for hydroxylation is 1. The second-order valence-corrected chi connectivity index (χ2v) is 10.1. The van der Waals surface area contributed by atoms with Gasteiger partial charge in [0, 0.05) is 0 Å². The van der Waals surface area contributed by atoms with Crippen LogP contribution in [0.4, 0.5) is 0 Å². The van der Waals surface area contributed by atoms with Crippen LogP contribution in [0.15, 0.2) is 36.4 Å². The summed E-state index contributed by atoms with van der Waals surface area (Å²) in [6, 6.07) is 9.88. The number of allylic oxidation sites excluding steroid dienone is 2. The van der Waals surface area contributed by atoms with Crippen molar-refractivity contribution in [2.45, 2.75) is 116 Å². The molecular formula is C29H46. The molecule has 162 valence electrons. The Labute approximate surface area is 181 Å². The van der Waals surface area contributed by atoms with Crippen molar-refractivity contribution in [2.75, 3.05) is 0 Å². The molecule has 0 radical (unpaired) electrons. The van der Waals surface area contributed by atoms with Gasteiger partial charge in [-0.2, -0.15) is 0 Å². The third-order valence-corrected chi connectivity index (χ3v) is 7.87. The van der Waals surface area contributed by atoms with Crippen LogP contribution in [0.2, 0.25) is 0 Å². The Balaban J connectivity index is 1.62. The van der Waals surface area contributed by atoms with Crippen molar-refractivity contribution < 1.29 is 0 Å². The van der Waals surface area contributed by atoms with E-state index in [4.69, 9.17) is 0 Å². The van der Waals surface area contributed by atoms with Gasteiger partial charge in [-0.1, -0.05) is 95.2 Å². The van der Waals surface area contributed by atoms with Crippen molar-refractivity contribution in [2.24, 2.45) is 17.8 Å². The van der Waals surface area contributed by atoms with Crippen molar-refractivity contribution in [1.29, 1.82) is 0 Å². The van der Waals surface area contributed by atoms with E-state index in [-0.39, 0.29) is 0 Å². The predicted octanol–water partition coefficient (Wildman–Crippen LogP) is 9.25. The average molecular weight is 395 g/mol. The van der Waals surface area contributed by atoms with Crippen molar-refractivity contribution in [1.82, 2.24) is 0 Å². The lowest BCUT2D eigenvalue weighted by molar-refractivity contribution is 0.210. The van der Waals surface area contributed by atoms with Crippen molar-refractivity contribution in [3.05, 3.63) is 47.5 Å². The summed E-state index contributed by atoms with van der Waals surface area (Å²) in [5.74, 6) is 3.65. The zero-order valence-electron chi connectivity index (χ0n) is 19.4. The first-order valence-electron chi connectivity index (χ1n) is 13.0. The second kappa shape index (κ2) is 12.6. The van der Waals surface area contributed by atoms with Crippen LogP contribution < -0.4 is 0 Å². The molecule has 29 heavy (non-hydrogen) atoms. The van der Waals surface area contributed by atoms with Gasteiger partial charge < -0.3 is 0 Å². The summed E-state index contributed by atoms with van der Waals surface area (Å²) >= 11 is 0. The number of unbranched alkanes of at least 4 members (excludes halogenated alkanes) is 3. The van der Waals surface area contributed by atoms with Gasteiger partial charge in [0.15, 0.2) is 0 Å². The van der Waals surface area contributed by atoms with E-state index in [2.05, 4.69) is 50.3 Å². The fourth-order valence-corrected chi connectivity index (χ4v) is 5.90. The minimum atomic E-state index is 0.795. The molecule has 0 aliphatic heterocycles. The molecule has 1 aromatic rings. The maximum Gasteiger partial charge on any atom is -0.0131 e. The van der Waals surface area contributed by atoms with Gasteiger partial charge >= 0.3 is 0 Å². The van der Waals surface area contributed by atoms with Gasteiger partial charge in [-0.3, -0.25) is 0 Å². The third-order valence-electron chi connectivity index (χ3n) is 7.87. The Morgan fingerprint density at radius 1 is 0.793 bits per heavy atom. The number of hydrogen-bond acceptors (Lipinski definition) is 0. The van der Waals surface area contributed by atoms with Crippen LogP contribution in [0, 0.1) is 17.8 Å². The molecule has 0 saturated heterocycles. The van der Waals surface area contributed by atoms with E-state index in [9.17, 15) is 0 Å². The topological polar surface area (TPSA) is 0 Å². The standard InChI is InChI=1S/C29H46/c1-3-5-8-12-25-17-21-28(22-18-25)29(23-26-13-9-7-10-14-26)27-19-15-24(16-20-27)11-6-4-2/h7,9,15-16,19-20,25-26,28-29H,3-6,8,10-14,17-18,21-23H2,1-2H3. The summed E-state index contributed by atoms with van der Waals surface area (Å²) in [7, 11) is 0. The van der Waals surface area contributed by atoms with Crippen LogP contribution in [0.5, 0.6) is 0 Å². The predicted molar refractivity (Wildman–Crippen MR) is 128 cm³/mol. The summed E-state index contributed by atoms with van der Waals surface area (Å²) in [5, 5.41) is 0. The zero-order valence-corrected chi connectivity index (χ0v) is 19.4. The first kappa shape index (κ1) is 22.6. The lowest BCUT2D eigenvalue weighted by Crippen LogP contribution is -2.23. The van der Waals surface area contributed by atoms with E-state index in [1.807, 2.05) is 0 Å². The van der Waals surface area contributed by atoms with E-state index in [1.165, 1.54) is 102 Å². The first-order valence-corrected chi connectivity index (χ1v) is 13.0. The van der Waals surface area contributed by atoms with Crippen molar-refractivity contribution >= 4 is 0 Å². The van der Waals surface area contributed by atoms with Gasteiger partial charge in [0.25, 0.3) is 0 Å². The maximum absolute atomic E-state index is 2.50. The number of rotatable bonds is 11. The molecule has 0 amide bonds. The highest BCUT2D eigenvalue weighted by molar-refractivity contribution is 5.26. The summed E-state index contributed by atoms with van der Waals surface area (Å²) in [6.45, 7) is 4.62. The average Bonchev–Trinajstić information content (AvgIpc) is 2.78. The van der Waals surface area contributed by atoms with E-state index >= 15 is 0 Å². The van der Waals surface area contributed by atoms with E-state index < -0.39 is 0 Å². The molecule has 3 rings (SSSR count). The Morgan fingerprint density at radius 2 is 1.55 bits per heavy atom. The quantitative estimate of drug-likeness (QED) is 0.259. The van der Waals surface area contributed by atoms with Crippen LogP contribution in [0.25, 0.3) is 0 Å². The molecule has 0 bridgehead atoms. The van der Waals surface area contributed by atoms with Crippen molar-refractivity contribution in [3.8, 4) is 0 Å². The molecule has 1 saturated carbocycles. The van der Waals surface area contributed by atoms with Gasteiger partial charge in [0.1, 0.15) is 0 Å². The van der Waals surface area contributed by atoms with E-state index in [0.717, 1.165) is 23.7 Å². The lowest BCUT2D eigenvalue weighted by Gasteiger charge is -2.36. The minimum absolute atomic E-state index is 0.795. The molecule has 0 heterocycles. The minimum Gasteiger partial charge on any atom is -0.0885 e. The highest BCUT2D eigenvalue weighted by Gasteiger charge is 2.30. The van der Waals surface area contributed by atoms with Crippen molar-refractivity contribution in [3.63, 3.8) is 0 Å². The molecule has 2 unspecified atom stereocenters. The first-order chi connectivity index (χ1) is 14.3. The van der Waals surface area contributed by atoms with Gasteiger partial charge in [0.05, 0.1) is 0 Å². The van der Waals surface area contributed by atoms with Gasteiger partial charge in [-0.05, 0) is 86.2 Å². The number of benzene rings is 1. The molecule has 0 heteroatoms. The molecule has 2 atom stereocenters. The van der Waals surface area contributed by atoms with E-state index in [0.29, 0.717) is 0 Å². The smallest absolute Gasteiger partial charge is 0.0131 e. The van der Waals surface area contributed by atoms with Gasteiger partial charge in [-0.25, -0.2) is 0 Å². The molecule has 2 aliphatic carbocycles. The second-order valence-electron chi connectivity index (χ2n) is 10.1. The fraction of sp³-hybridized carbons (Fsp3) is 0.724. The molecule has 1 aromatic carbocycles. The van der Waals surface area contributed by atoms with Crippen LogP contribution in [-0.2, 0) is 6.42 Å².